The lowest BCUT2D eigenvalue weighted by Gasteiger charge is -2.24. The first kappa shape index (κ1) is 12.2. The highest BCUT2D eigenvalue weighted by atomic mass is 35.5. The normalized spacial score (nSPS) is 14.3. The van der Waals surface area contributed by atoms with Crippen molar-refractivity contribution >= 4 is 11.6 Å². The van der Waals surface area contributed by atoms with Crippen LogP contribution in [0.25, 0.3) is 0 Å². The fourth-order valence-electron chi connectivity index (χ4n) is 1.90. The topological polar surface area (TPSA) is 20.2 Å². The van der Waals surface area contributed by atoms with Gasteiger partial charge in [-0.05, 0) is 30.2 Å². The second-order valence-electron chi connectivity index (χ2n) is 4.44. The van der Waals surface area contributed by atoms with Crippen LogP contribution < -0.4 is 0 Å². The molecule has 88 valence electrons. The zero-order chi connectivity index (χ0) is 12.3. The van der Waals surface area contributed by atoms with Crippen molar-refractivity contribution in [3.05, 3.63) is 70.7 Å². The lowest BCUT2D eigenvalue weighted by molar-refractivity contribution is 0.0576. The number of benzene rings is 2. The Morgan fingerprint density at radius 1 is 1.00 bits per heavy atom. The Labute approximate surface area is 107 Å². The summed E-state index contributed by atoms with van der Waals surface area (Å²) in [5.41, 5.74) is 1.13. The first-order chi connectivity index (χ1) is 8.08. The van der Waals surface area contributed by atoms with Gasteiger partial charge in [0.15, 0.2) is 0 Å². The van der Waals surface area contributed by atoms with Crippen LogP contribution in [0.3, 0.4) is 0 Å². The maximum absolute atomic E-state index is 10.5. The second-order valence-corrected chi connectivity index (χ2v) is 4.88. The standard InChI is InChI=1S/C15H15ClO/c1-15(17,11-12-5-3-2-4-6-12)13-7-9-14(16)10-8-13/h2-10,17H,11H2,1H3. The molecular formula is C15H15ClO. The number of hydrogen-bond acceptors (Lipinski definition) is 1. The average molecular weight is 247 g/mol. The van der Waals surface area contributed by atoms with E-state index in [9.17, 15) is 5.11 Å². The molecule has 2 aromatic rings. The molecule has 0 radical (unpaired) electrons. The average Bonchev–Trinajstić information content (AvgIpc) is 2.30. The molecule has 0 spiro atoms. The summed E-state index contributed by atoms with van der Waals surface area (Å²) in [7, 11) is 0. The van der Waals surface area contributed by atoms with Gasteiger partial charge in [0.25, 0.3) is 0 Å². The molecular weight excluding hydrogens is 232 g/mol. The van der Waals surface area contributed by atoms with Crippen molar-refractivity contribution < 1.29 is 5.11 Å². The van der Waals surface area contributed by atoms with Crippen LogP contribution in [0.15, 0.2) is 54.6 Å². The SMILES string of the molecule is CC(O)(Cc1ccccc1)c1ccc(Cl)cc1. The van der Waals surface area contributed by atoms with Gasteiger partial charge in [-0.3, -0.25) is 0 Å². The number of halogens is 1. The van der Waals surface area contributed by atoms with Gasteiger partial charge >= 0.3 is 0 Å². The summed E-state index contributed by atoms with van der Waals surface area (Å²) < 4.78 is 0. The molecule has 0 heterocycles. The molecule has 0 bridgehead atoms. The molecule has 1 unspecified atom stereocenters. The van der Waals surface area contributed by atoms with Crippen LogP contribution in [0.1, 0.15) is 18.1 Å². The van der Waals surface area contributed by atoms with Crippen molar-refractivity contribution in [2.75, 3.05) is 0 Å². The fourth-order valence-corrected chi connectivity index (χ4v) is 2.03. The van der Waals surface area contributed by atoms with E-state index in [0.717, 1.165) is 11.1 Å². The fraction of sp³-hybridized carbons (Fsp3) is 0.200. The van der Waals surface area contributed by atoms with Gasteiger partial charge in [-0.25, -0.2) is 0 Å². The molecule has 0 aliphatic rings. The molecule has 1 nitrogen and oxygen atoms in total. The molecule has 2 aromatic carbocycles. The van der Waals surface area contributed by atoms with E-state index in [0.29, 0.717) is 11.4 Å². The molecule has 0 amide bonds. The minimum atomic E-state index is -0.869. The summed E-state index contributed by atoms with van der Waals surface area (Å²) >= 11 is 5.84. The van der Waals surface area contributed by atoms with Crippen molar-refractivity contribution in [1.29, 1.82) is 0 Å². The Bertz CT molecular complexity index is 474. The molecule has 1 atom stereocenters. The van der Waals surface area contributed by atoms with Crippen molar-refractivity contribution in [1.82, 2.24) is 0 Å². The summed E-state index contributed by atoms with van der Waals surface area (Å²) in [6.07, 6.45) is 0.593. The zero-order valence-electron chi connectivity index (χ0n) is 9.73. The summed E-state index contributed by atoms with van der Waals surface area (Å²) in [6, 6.07) is 17.3. The second kappa shape index (κ2) is 4.91. The molecule has 0 fully saturated rings. The van der Waals surface area contributed by atoms with E-state index in [1.807, 2.05) is 49.4 Å². The molecule has 0 saturated carbocycles. The van der Waals surface area contributed by atoms with E-state index in [-0.39, 0.29) is 0 Å². The maximum Gasteiger partial charge on any atom is 0.0908 e. The summed E-state index contributed by atoms with van der Waals surface area (Å²) in [5, 5.41) is 11.2. The number of rotatable bonds is 3. The van der Waals surface area contributed by atoms with Gasteiger partial charge in [0.2, 0.25) is 0 Å². The first-order valence-corrected chi connectivity index (χ1v) is 5.98. The Hall–Kier alpha value is -1.31. The molecule has 0 aliphatic carbocycles. The van der Waals surface area contributed by atoms with E-state index >= 15 is 0 Å². The van der Waals surface area contributed by atoms with Gasteiger partial charge in [-0.15, -0.1) is 0 Å². The number of hydrogen-bond donors (Lipinski definition) is 1. The molecule has 0 aromatic heterocycles. The van der Waals surface area contributed by atoms with E-state index in [2.05, 4.69) is 0 Å². The first-order valence-electron chi connectivity index (χ1n) is 5.60. The predicted octanol–water partition coefficient (Wildman–Crippen LogP) is 3.79. The smallest absolute Gasteiger partial charge is 0.0908 e. The molecule has 2 rings (SSSR count). The maximum atomic E-state index is 10.5. The van der Waals surface area contributed by atoms with Crippen LogP contribution in [0.5, 0.6) is 0 Å². The van der Waals surface area contributed by atoms with E-state index in [1.54, 1.807) is 12.1 Å². The van der Waals surface area contributed by atoms with E-state index in [1.165, 1.54) is 0 Å². The monoisotopic (exact) mass is 246 g/mol. The van der Waals surface area contributed by atoms with Crippen LogP contribution >= 0.6 is 11.6 Å². The minimum Gasteiger partial charge on any atom is -0.385 e. The van der Waals surface area contributed by atoms with Crippen molar-refractivity contribution in [3.8, 4) is 0 Å². The lowest BCUT2D eigenvalue weighted by Crippen LogP contribution is -2.24. The van der Waals surface area contributed by atoms with Gasteiger partial charge in [-0.2, -0.15) is 0 Å². The van der Waals surface area contributed by atoms with Gasteiger partial charge in [0.05, 0.1) is 5.60 Å². The third-order valence-corrected chi connectivity index (χ3v) is 3.11. The third-order valence-electron chi connectivity index (χ3n) is 2.86. The van der Waals surface area contributed by atoms with Crippen LogP contribution in [0.4, 0.5) is 0 Å². The Kier molecular flexibility index (Phi) is 3.51. The highest BCUT2D eigenvalue weighted by molar-refractivity contribution is 6.30. The van der Waals surface area contributed by atoms with Crippen LogP contribution in [0, 0.1) is 0 Å². The largest absolute Gasteiger partial charge is 0.385 e. The quantitative estimate of drug-likeness (QED) is 0.874. The summed E-state index contributed by atoms with van der Waals surface area (Å²) in [4.78, 5) is 0. The summed E-state index contributed by atoms with van der Waals surface area (Å²) in [6.45, 7) is 1.82. The molecule has 0 aliphatic heterocycles. The highest BCUT2D eigenvalue weighted by Gasteiger charge is 2.23. The zero-order valence-corrected chi connectivity index (χ0v) is 10.5. The van der Waals surface area contributed by atoms with Gasteiger partial charge in [0, 0.05) is 11.4 Å². The predicted molar refractivity (Wildman–Crippen MR) is 71.2 cm³/mol. The van der Waals surface area contributed by atoms with Crippen LogP contribution in [-0.4, -0.2) is 5.11 Å². The van der Waals surface area contributed by atoms with Crippen LogP contribution in [0.2, 0.25) is 5.02 Å². The molecule has 1 N–H and O–H groups in total. The molecule has 2 heteroatoms. The van der Waals surface area contributed by atoms with E-state index in [4.69, 9.17) is 11.6 Å². The van der Waals surface area contributed by atoms with Gasteiger partial charge in [-0.1, -0.05) is 54.1 Å². The van der Waals surface area contributed by atoms with E-state index < -0.39 is 5.60 Å². The van der Waals surface area contributed by atoms with Gasteiger partial charge < -0.3 is 5.11 Å². The Balaban J connectivity index is 2.21. The van der Waals surface area contributed by atoms with Crippen LogP contribution in [-0.2, 0) is 12.0 Å². The highest BCUT2D eigenvalue weighted by Crippen LogP contribution is 2.26. The minimum absolute atomic E-state index is 0.593. The third kappa shape index (κ3) is 3.09. The van der Waals surface area contributed by atoms with Crippen molar-refractivity contribution in [2.24, 2.45) is 0 Å². The Morgan fingerprint density at radius 2 is 1.59 bits per heavy atom. The van der Waals surface area contributed by atoms with Crippen molar-refractivity contribution in [2.45, 2.75) is 18.9 Å². The van der Waals surface area contributed by atoms with Gasteiger partial charge in [0.1, 0.15) is 0 Å². The molecule has 0 saturated heterocycles. The molecule has 17 heavy (non-hydrogen) atoms. The summed E-state index contributed by atoms with van der Waals surface area (Å²) in [5.74, 6) is 0. The number of aliphatic hydroxyl groups is 1. The van der Waals surface area contributed by atoms with Crippen molar-refractivity contribution in [3.63, 3.8) is 0 Å². The lowest BCUT2D eigenvalue weighted by atomic mass is 9.89. The Morgan fingerprint density at radius 3 is 2.18 bits per heavy atom.